The Labute approximate surface area is 102 Å². The van der Waals surface area contributed by atoms with E-state index in [9.17, 15) is 4.79 Å². The van der Waals surface area contributed by atoms with Crippen molar-refractivity contribution in [2.24, 2.45) is 0 Å². The Morgan fingerprint density at radius 3 is 2.47 bits per heavy atom. The second-order valence-corrected chi connectivity index (χ2v) is 4.93. The molecule has 0 aromatic carbocycles. The van der Waals surface area contributed by atoms with Gasteiger partial charge >= 0.3 is 0 Å². The fourth-order valence-corrected chi connectivity index (χ4v) is 1.21. The third kappa shape index (κ3) is 4.80. The number of carbonyl (C=O) groups is 1. The highest BCUT2D eigenvalue weighted by Gasteiger charge is 2.16. The van der Waals surface area contributed by atoms with Crippen molar-refractivity contribution in [2.75, 3.05) is 11.9 Å². The summed E-state index contributed by atoms with van der Waals surface area (Å²) >= 11 is 0. The molecule has 0 bridgehead atoms. The quantitative estimate of drug-likeness (QED) is 0.837. The molecule has 0 saturated heterocycles. The number of hydrogen-bond donors (Lipinski definition) is 2. The maximum Gasteiger partial charge on any atom is 0.272 e. The topological polar surface area (TPSA) is 66.9 Å². The van der Waals surface area contributed by atoms with Crippen molar-refractivity contribution in [1.82, 2.24) is 15.5 Å². The lowest BCUT2D eigenvalue weighted by molar-refractivity contribution is 0.0913. The van der Waals surface area contributed by atoms with Gasteiger partial charge in [0.25, 0.3) is 5.91 Å². The molecule has 0 fully saturated rings. The SMILES string of the molecule is CCCNc1ccc(C(=O)NC(C)(C)C)nn1. The Kier molecular flexibility index (Phi) is 4.43. The van der Waals surface area contributed by atoms with Crippen LogP contribution in [0, 0.1) is 0 Å². The zero-order valence-corrected chi connectivity index (χ0v) is 10.9. The van der Waals surface area contributed by atoms with Gasteiger partial charge in [-0.1, -0.05) is 6.92 Å². The number of rotatable bonds is 4. The molecule has 0 radical (unpaired) electrons. The Balaban J connectivity index is 2.64. The number of nitrogens with zero attached hydrogens (tertiary/aromatic N) is 2. The minimum absolute atomic E-state index is 0.202. The van der Waals surface area contributed by atoms with Crippen LogP contribution in [0.15, 0.2) is 12.1 Å². The summed E-state index contributed by atoms with van der Waals surface area (Å²) < 4.78 is 0. The summed E-state index contributed by atoms with van der Waals surface area (Å²) in [5.41, 5.74) is 0.0692. The van der Waals surface area contributed by atoms with E-state index in [0.29, 0.717) is 11.5 Å². The van der Waals surface area contributed by atoms with Crippen molar-refractivity contribution in [3.8, 4) is 0 Å². The van der Waals surface area contributed by atoms with Gasteiger partial charge in [0, 0.05) is 12.1 Å². The zero-order chi connectivity index (χ0) is 12.9. The summed E-state index contributed by atoms with van der Waals surface area (Å²) in [6, 6.07) is 3.44. The largest absolute Gasteiger partial charge is 0.369 e. The van der Waals surface area contributed by atoms with Crippen molar-refractivity contribution in [2.45, 2.75) is 39.7 Å². The van der Waals surface area contributed by atoms with Crippen LogP contribution >= 0.6 is 0 Å². The van der Waals surface area contributed by atoms with Crippen LogP contribution in [0.25, 0.3) is 0 Å². The van der Waals surface area contributed by atoms with Crippen molar-refractivity contribution in [1.29, 1.82) is 0 Å². The molecule has 2 N–H and O–H groups in total. The van der Waals surface area contributed by atoms with Crippen LogP contribution in [-0.4, -0.2) is 28.2 Å². The Morgan fingerprint density at radius 2 is 2.00 bits per heavy atom. The molecular formula is C12H20N4O. The molecule has 5 nitrogen and oxygen atoms in total. The summed E-state index contributed by atoms with van der Waals surface area (Å²) in [5, 5.41) is 13.8. The molecule has 0 aliphatic rings. The number of anilines is 1. The number of aromatic nitrogens is 2. The van der Waals surface area contributed by atoms with Crippen LogP contribution in [-0.2, 0) is 0 Å². The maximum absolute atomic E-state index is 11.8. The molecule has 0 spiro atoms. The maximum atomic E-state index is 11.8. The smallest absolute Gasteiger partial charge is 0.272 e. The average Bonchev–Trinajstić information content (AvgIpc) is 2.24. The van der Waals surface area contributed by atoms with Crippen LogP contribution in [0.5, 0.6) is 0 Å². The van der Waals surface area contributed by atoms with E-state index < -0.39 is 0 Å². The first-order chi connectivity index (χ1) is 7.92. The van der Waals surface area contributed by atoms with Gasteiger partial charge in [0.1, 0.15) is 5.82 Å². The number of hydrogen-bond acceptors (Lipinski definition) is 4. The molecule has 1 amide bonds. The van der Waals surface area contributed by atoms with Crippen LogP contribution in [0.1, 0.15) is 44.6 Å². The van der Waals surface area contributed by atoms with Gasteiger partial charge in [0.15, 0.2) is 5.69 Å². The van der Waals surface area contributed by atoms with Gasteiger partial charge < -0.3 is 10.6 Å². The third-order valence-corrected chi connectivity index (χ3v) is 1.94. The van der Waals surface area contributed by atoms with E-state index in [2.05, 4.69) is 27.8 Å². The van der Waals surface area contributed by atoms with Crippen molar-refractivity contribution in [3.63, 3.8) is 0 Å². The van der Waals surface area contributed by atoms with E-state index in [0.717, 1.165) is 13.0 Å². The number of amides is 1. The van der Waals surface area contributed by atoms with Crippen molar-refractivity contribution < 1.29 is 4.79 Å². The predicted molar refractivity (Wildman–Crippen MR) is 68.0 cm³/mol. The Bertz CT molecular complexity index is 367. The van der Waals surface area contributed by atoms with Gasteiger partial charge in [0.2, 0.25) is 0 Å². The van der Waals surface area contributed by atoms with Crippen LogP contribution in [0.2, 0.25) is 0 Å². The lowest BCUT2D eigenvalue weighted by Crippen LogP contribution is -2.41. The summed E-state index contributed by atoms with van der Waals surface area (Å²) in [6.45, 7) is 8.70. The molecule has 17 heavy (non-hydrogen) atoms. The van der Waals surface area contributed by atoms with Gasteiger partial charge in [-0.2, -0.15) is 0 Å². The van der Waals surface area contributed by atoms with Gasteiger partial charge in [-0.15, -0.1) is 10.2 Å². The summed E-state index contributed by atoms with van der Waals surface area (Å²) in [6.07, 6.45) is 1.02. The molecular weight excluding hydrogens is 216 g/mol. The highest BCUT2D eigenvalue weighted by molar-refractivity contribution is 5.92. The first-order valence-corrected chi connectivity index (χ1v) is 5.82. The number of nitrogens with one attached hydrogen (secondary N) is 2. The number of carbonyl (C=O) groups excluding carboxylic acids is 1. The summed E-state index contributed by atoms with van der Waals surface area (Å²) in [5.74, 6) is 0.492. The molecule has 0 unspecified atom stereocenters. The van der Waals surface area contributed by atoms with Gasteiger partial charge in [-0.25, -0.2) is 0 Å². The molecule has 1 rings (SSSR count). The highest BCUT2D eigenvalue weighted by Crippen LogP contribution is 2.05. The Hall–Kier alpha value is -1.65. The van der Waals surface area contributed by atoms with Gasteiger partial charge in [0.05, 0.1) is 0 Å². The van der Waals surface area contributed by atoms with Gasteiger partial charge in [-0.3, -0.25) is 4.79 Å². The molecule has 0 aliphatic carbocycles. The zero-order valence-electron chi connectivity index (χ0n) is 10.9. The monoisotopic (exact) mass is 236 g/mol. The summed E-state index contributed by atoms with van der Waals surface area (Å²) in [7, 11) is 0. The molecule has 94 valence electrons. The molecule has 5 heteroatoms. The fraction of sp³-hybridized carbons (Fsp3) is 0.583. The van der Waals surface area contributed by atoms with Crippen molar-refractivity contribution in [3.05, 3.63) is 17.8 Å². The molecule has 0 saturated carbocycles. The molecule has 0 aliphatic heterocycles. The normalized spacial score (nSPS) is 11.1. The van der Waals surface area contributed by atoms with Crippen molar-refractivity contribution >= 4 is 11.7 Å². The van der Waals surface area contributed by atoms with E-state index >= 15 is 0 Å². The molecule has 0 atom stereocenters. The minimum Gasteiger partial charge on any atom is -0.369 e. The van der Waals surface area contributed by atoms with Gasteiger partial charge in [-0.05, 0) is 39.3 Å². The highest BCUT2D eigenvalue weighted by atomic mass is 16.2. The van der Waals surface area contributed by atoms with Crippen LogP contribution in [0.3, 0.4) is 0 Å². The fourth-order valence-electron chi connectivity index (χ4n) is 1.21. The Morgan fingerprint density at radius 1 is 1.29 bits per heavy atom. The van der Waals surface area contributed by atoms with Crippen LogP contribution in [0.4, 0.5) is 5.82 Å². The lowest BCUT2D eigenvalue weighted by atomic mass is 10.1. The summed E-state index contributed by atoms with van der Waals surface area (Å²) in [4.78, 5) is 11.8. The first-order valence-electron chi connectivity index (χ1n) is 5.82. The van der Waals surface area contributed by atoms with E-state index in [1.807, 2.05) is 20.8 Å². The standard InChI is InChI=1S/C12H20N4O/c1-5-8-13-10-7-6-9(15-16-10)11(17)14-12(2,3)4/h6-7H,5,8H2,1-4H3,(H,13,16)(H,14,17). The molecule has 1 aromatic heterocycles. The molecule has 1 aromatic rings. The van der Waals surface area contributed by atoms with E-state index in [-0.39, 0.29) is 11.4 Å². The second-order valence-electron chi connectivity index (χ2n) is 4.93. The van der Waals surface area contributed by atoms with Crippen LogP contribution < -0.4 is 10.6 Å². The molecule has 1 heterocycles. The van der Waals surface area contributed by atoms with E-state index in [1.165, 1.54) is 0 Å². The third-order valence-electron chi connectivity index (χ3n) is 1.94. The first kappa shape index (κ1) is 13.4. The lowest BCUT2D eigenvalue weighted by Gasteiger charge is -2.19. The average molecular weight is 236 g/mol. The minimum atomic E-state index is -0.266. The van der Waals surface area contributed by atoms with E-state index in [1.54, 1.807) is 12.1 Å². The predicted octanol–water partition coefficient (Wildman–Crippen LogP) is 1.83. The second kappa shape index (κ2) is 5.61. The van der Waals surface area contributed by atoms with E-state index in [4.69, 9.17) is 0 Å².